The molecule has 1 heterocycles. The molecule has 1 aromatic rings. The second-order valence-electron chi connectivity index (χ2n) is 3.03. The molecule has 0 spiro atoms. The van der Waals surface area contributed by atoms with Crippen LogP contribution in [0.2, 0.25) is 0 Å². The van der Waals surface area contributed by atoms with Crippen molar-refractivity contribution in [2.45, 2.75) is 13.8 Å². The molecule has 0 amide bonds. The Bertz CT molecular complexity index is 362. The first-order valence-corrected chi connectivity index (χ1v) is 4.53. The van der Waals surface area contributed by atoms with Crippen molar-refractivity contribution in [3.05, 3.63) is 29.6 Å². The van der Waals surface area contributed by atoms with Gasteiger partial charge in [-0.25, -0.2) is 4.98 Å². The summed E-state index contributed by atoms with van der Waals surface area (Å²) in [6.45, 7) is 3.90. The van der Waals surface area contributed by atoms with Gasteiger partial charge in [0.1, 0.15) is 0 Å². The summed E-state index contributed by atoms with van der Waals surface area (Å²) in [5.74, 6) is 0. The Morgan fingerprint density at radius 2 is 1.22 bits per heavy atom. The van der Waals surface area contributed by atoms with E-state index in [1.807, 2.05) is 32.0 Å². The summed E-state index contributed by atoms with van der Waals surface area (Å²) in [5.41, 5.74) is 3.70. The molecule has 7 heteroatoms. The number of aromatic nitrogens is 1. The maximum Gasteiger partial charge on any atom is 0.0844 e. The topological polar surface area (TPSA) is 37.6 Å². The minimum atomic E-state index is 0. The summed E-state index contributed by atoms with van der Waals surface area (Å²) in [6.07, 6.45) is 0. The zero-order valence-corrected chi connectivity index (χ0v) is 14.3. The van der Waals surface area contributed by atoms with E-state index in [0.29, 0.717) is 0 Å². The van der Waals surface area contributed by atoms with Crippen LogP contribution in [-0.2, 0) is 18.6 Å². The van der Waals surface area contributed by atoms with E-state index in [2.05, 4.69) is 15.0 Å². The van der Waals surface area contributed by atoms with Crippen molar-refractivity contribution in [3.63, 3.8) is 0 Å². The molecular weight excluding hydrogens is 331 g/mol. The molecule has 0 bridgehead atoms. The second kappa shape index (κ2) is 13.4. The van der Waals surface area contributed by atoms with Crippen LogP contribution < -0.4 is 37.2 Å². The van der Waals surface area contributed by atoms with Gasteiger partial charge in [-0.15, -0.1) is 0 Å². The Hall–Kier alpha value is -0.0556. The fraction of sp³-hybridized carbons (Fsp3) is 0.364. The molecule has 0 aliphatic rings. The van der Waals surface area contributed by atoms with Crippen LogP contribution in [0.4, 0.5) is 0 Å². The van der Waals surface area contributed by atoms with E-state index in [9.17, 15) is 0 Å². The van der Waals surface area contributed by atoms with Crippen LogP contribution in [0.1, 0.15) is 25.2 Å². The molecule has 1 aromatic heterocycles. The normalized spacial score (nSPS) is 10.2. The van der Waals surface area contributed by atoms with Crippen LogP contribution in [0.15, 0.2) is 28.2 Å². The maximum absolute atomic E-state index is 4.45. The van der Waals surface area contributed by atoms with Crippen molar-refractivity contribution in [2.75, 3.05) is 14.1 Å². The first kappa shape index (κ1) is 26.5. The van der Waals surface area contributed by atoms with Crippen molar-refractivity contribution >= 4 is 11.4 Å². The van der Waals surface area contributed by atoms with E-state index in [-0.39, 0.29) is 55.8 Å². The van der Waals surface area contributed by atoms with Crippen molar-refractivity contribution in [1.29, 1.82) is 0 Å². The van der Waals surface area contributed by atoms with E-state index >= 15 is 0 Å². The van der Waals surface area contributed by atoms with Gasteiger partial charge in [0.15, 0.2) is 0 Å². The van der Waals surface area contributed by atoms with Crippen molar-refractivity contribution in [1.82, 2.24) is 4.98 Å². The Balaban J connectivity index is -0.000000245. The van der Waals surface area contributed by atoms with E-state index in [1.165, 1.54) is 0 Å². The van der Waals surface area contributed by atoms with Crippen molar-refractivity contribution in [3.8, 4) is 0 Å². The first-order valence-electron chi connectivity index (χ1n) is 4.53. The molecule has 1 radical (unpaired) electrons. The molecule has 0 atom stereocenters. The number of hydrogen-bond donors (Lipinski definition) is 0. The number of halogens is 3. The number of nitrogens with zero attached hydrogens (tertiary/aromatic N) is 3. The Labute approximate surface area is 139 Å². The average molecular weight is 347 g/mol. The molecule has 0 unspecified atom stereocenters. The summed E-state index contributed by atoms with van der Waals surface area (Å²) in [6, 6.07) is 5.88. The third-order valence-electron chi connectivity index (χ3n) is 2.16. The van der Waals surface area contributed by atoms with Gasteiger partial charge in [-0.05, 0) is 26.0 Å². The standard InChI is InChI=1S/C11H15N3.3ClH.V/c1-8(12-3)10-6-5-7-11(14-10)9(2)13-4;;;;/h5-7H,1-4H3;3*1H;/p-3. The fourth-order valence-corrected chi connectivity index (χ4v) is 1.07. The Morgan fingerprint density at radius 1 is 0.889 bits per heavy atom. The Morgan fingerprint density at radius 3 is 1.50 bits per heavy atom. The summed E-state index contributed by atoms with van der Waals surface area (Å²) < 4.78 is 0. The molecule has 18 heavy (non-hydrogen) atoms. The van der Waals surface area contributed by atoms with E-state index < -0.39 is 0 Å². The summed E-state index contributed by atoms with van der Waals surface area (Å²) in [7, 11) is 3.54. The molecule has 3 nitrogen and oxygen atoms in total. The van der Waals surface area contributed by atoms with Crippen LogP contribution in [0.3, 0.4) is 0 Å². The summed E-state index contributed by atoms with van der Waals surface area (Å²) in [5, 5.41) is 0. The number of pyridine rings is 1. The number of hydrogen-bond acceptors (Lipinski definition) is 3. The molecule has 0 fully saturated rings. The maximum atomic E-state index is 4.45. The molecule has 0 aliphatic heterocycles. The third-order valence-corrected chi connectivity index (χ3v) is 2.16. The zero-order chi connectivity index (χ0) is 10.6. The van der Waals surface area contributed by atoms with E-state index in [0.717, 1.165) is 22.8 Å². The van der Waals surface area contributed by atoms with Crippen LogP contribution in [0.25, 0.3) is 0 Å². The second-order valence-corrected chi connectivity index (χ2v) is 3.03. The van der Waals surface area contributed by atoms with E-state index in [4.69, 9.17) is 0 Å². The van der Waals surface area contributed by atoms with Gasteiger partial charge in [0.2, 0.25) is 0 Å². The predicted molar refractivity (Wildman–Crippen MR) is 60.5 cm³/mol. The average Bonchev–Trinajstić information content (AvgIpc) is 2.27. The zero-order valence-electron chi connectivity index (χ0n) is 10.7. The Kier molecular flexibility index (Phi) is 19.7. The summed E-state index contributed by atoms with van der Waals surface area (Å²) in [4.78, 5) is 12.7. The molecule has 0 aliphatic carbocycles. The molecule has 103 valence electrons. The SMILES string of the molecule is CN=C(C)c1cccc(C(C)=NC)n1.[Cl-].[Cl-].[Cl-].[V]. The van der Waals surface area contributed by atoms with Crippen molar-refractivity contribution < 1.29 is 55.8 Å². The quantitative estimate of drug-likeness (QED) is 0.491. The molecule has 0 saturated carbocycles. The van der Waals surface area contributed by atoms with Gasteiger partial charge in [-0.3, -0.25) is 9.98 Å². The number of rotatable bonds is 2. The monoisotopic (exact) mass is 345 g/mol. The first-order chi connectivity index (χ1) is 6.69. The van der Waals surface area contributed by atoms with Crippen molar-refractivity contribution in [2.24, 2.45) is 9.98 Å². The van der Waals surface area contributed by atoms with Gasteiger partial charge in [0, 0.05) is 32.7 Å². The molecule has 0 aromatic carbocycles. The van der Waals surface area contributed by atoms with Gasteiger partial charge in [0.25, 0.3) is 0 Å². The minimum absolute atomic E-state index is 0. The van der Waals surface area contributed by atoms with Gasteiger partial charge >= 0.3 is 0 Å². The van der Waals surface area contributed by atoms with Crippen LogP contribution in [0.5, 0.6) is 0 Å². The predicted octanol–water partition coefficient (Wildman–Crippen LogP) is -7.03. The van der Waals surface area contributed by atoms with Gasteiger partial charge in [-0.2, -0.15) is 0 Å². The number of aliphatic imine (C=N–C) groups is 2. The van der Waals surface area contributed by atoms with Crippen LogP contribution >= 0.6 is 0 Å². The van der Waals surface area contributed by atoms with Gasteiger partial charge in [-0.1, -0.05) is 6.07 Å². The van der Waals surface area contributed by atoms with Gasteiger partial charge in [0.05, 0.1) is 22.8 Å². The molecule has 0 saturated heterocycles. The van der Waals surface area contributed by atoms with Crippen LogP contribution in [-0.4, -0.2) is 30.5 Å². The largest absolute Gasteiger partial charge is 1.00 e. The summed E-state index contributed by atoms with van der Waals surface area (Å²) >= 11 is 0. The van der Waals surface area contributed by atoms with Gasteiger partial charge < -0.3 is 37.2 Å². The minimum Gasteiger partial charge on any atom is -1.00 e. The van der Waals surface area contributed by atoms with E-state index in [1.54, 1.807) is 14.1 Å². The van der Waals surface area contributed by atoms with Crippen LogP contribution in [0, 0.1) is 0 Å². The molecule has 0 N–H and O–H groups in total. The third kappa shape index (κ3) is 7.39. The molecular formula is C11H15Cl3N3V-3. The smallest absolute Gasteiger partial charge is 0.0844 e. The molecule has 1 rings (SSSR count). The fourth-order valence-electron chi connectivity index (χ4n) is 1.07.